The fourth-order valence-corrected chi connectivity index (χ4v) is 0.961. The molecule has 7 heteroatoms. The van der Waals surface area contributed by atoms with E-state index < -0.39 is 6.10 Å². The highest BCUT2D eigenvalue weighted by molar-refractivity contribution is 4.88. The van der Waals surface area contributed by atoms with Gasteiger partial charge in [-0.25, -0.2) is 9.67 Å². The molecule has 7 nitrogen and oxygen atoms in total. The molecule has 0 aliphatic carbocycles. The van der Waals surface area contributed by atoms with Crippen LogP contribution in [-0.4, -0.2) is 30.0 Å². The summed E-state index contributed by atoms with van der Waals surface area (Å²) in [6.07, 6.45) is 2.24. The Kier molecular flexibility index (Phi) is 2.23. The number of nitrogens with zero attached hydrogens (tertiary/aromatic N) is 5. The van der Waals surface area contributed by atoms with E-state index in [9.17, 15) is 0 Å². The van der Waals surface area contributed by atoms with Crippen LogP contribution in [0.2, 0.25) is 0 Å². The number of hydrogen-bond donors (Lipinski definition) is 1. The normalized spacial score (nSPS) is 13.0. The van der Waals surface area contributed by atoms with Gasteiger partial charge in [0.15, 0.2) is 5.82 Å². The number of hydrogen-bond acceptors (Lipinski definition) is 6. The lowest BCUT2D eigenvalue weighted by Crippen LogP contribution is -2.02. The topological polar surface area (TPSA) is 89.9 Å². The summed E-state index contributed by atoms with van der Waals surface area (Å²) in [7, 11) is 0. The van der Waals surface area contributed by atoms with Gasteiger partial charge in [-0.15, -0.1) is 0 Å². The lowest BCUT2D eigenvalue weighted by atomic mass is 10.4. The SMILES string of the molecule is CC(O)c1nc(Cn2cncn2)no1. The molecule has 2 rings (SSSR count). The first kappa shape index (κ1) is 8.82. The predicted molar refractivity (Wildman–Crippen MR) is 44.1 cm³/mol. The van der Waals surface area contributed by atoms with Crippen molar-refractivity contribution in [3.63, 3.8) is 0 Å². The van der Waals surface area contributed by atoms with Crippen molar-refractivity contribution in [1.82, 2.24) is 24.9 Å². The Hall–Kier alpha value is -1.76. The molecule has 0 radical (unpaired) electrons. The first-order valence-electron chi connectivity index (χ1n) is 4.08. The van der Waals surface area contributed by atoms with Crippen molar-refractivity contribution < 1.29 is 9.63 Å². The summed E-state index contributed by atoms with van der Waals surface area (Å²) < 4.78 is 6.37. The summed E-state index contributed by atoms with van der Waals surface area (Å²) in [6, 6.07) is 0. The van der Waals surface area contributed by atoms with E-state index in [1.807, 2.05) is 0 Å². The van der Waals surface area contributed by atoms with E-state index in [0.29, 0.717) is 12.4 Å². The lowest BCUT2D eigenvalue weighted by Gasteiger charge is -1.93. The van der Waals surface area contributed by atoms with E-state index in [-0.39, 0.29) is 5.89 Å². The van der Waals surface area contributed by atoms with Gasteiger partial charge >= 0.3 is 0 Å². The molecule has 2 heterocycles. The van der Waals surface area contributed by atoms with Gasteiger partial charge in [0.05, 0.1) is 0 Å². The number of rotatable bonds is 3. The third-order valence-electron chi connectivity index (χ3n) is 1.61. The zero-order valence-electron chi connectivity index (χ0n) is 7.53. The second kappa shape index (κ2) is 3.54. The summed E-state index contributed by atoms with van der Waals surface area (Å²) in [5, 5.41) is 16.7. The van der Waals surface area contributed by atoms with Crippen molar-refractivity contribution in [2.24, 2.45) is 0 Å². The third kappa shape index (κ3) is 1.77. The second-order valence-corrected chi connectivity index (χ2v) is 2.82. The van der Waals surface area contributed by atoms with Gasteiger partial charge < -0.3 is 9.63 Å². The standard InChI is InChI=1S/C7H9N5O2/c1-5(13)7-10-6(11-14-7)2-12-4-8-3-9-12/h3-5,13H,2H2,1H3. The molecule has 74 valence electrons. The molecule has 0 spiro atoms. The maximum atomic E-state index is 9.13. The molecule has 0 aliphatic heterocycles. The zero-order valence-corrected chi connectivity index (χ0v) is 7.53. The molecule has 0 fully saturated rings. The Balaban J connectivity index is 2.11. The van der Waals surface area contributed by atoms with Gasteiger partial charge in [-0.05, 0) is 6.92 Å². The number of aromatic nitrogens is 5. The average Bonchev–Trinajstić information content (AvgIpc) is 2.75. The summed E-state index contributed by atoms with van der Waals surface area (Å²) >= 11 is 0. The second-order valence-electron chi connectivity index (χ2n) is 2.82. The van der Waals surface area contributed by atoms with Crippen LogP contribution in [0, 0.1) is 0 Å². The van der Waals surface area contributed by atoms with Crippen molar-refractivity contribution in [3.05, 3.63) is 24.4 Å². The van der Waals surface area contributed by atoms with E-state index in [1.165, 1.54) is 6.33 Å². The van der Waals surface area contributed by atoms with E-state index in [0.717, 1.165) is 0 Å². The summed E-state index contributed by atoms with van der Waals surface area (Å²) in [5.41, 5.74) is 0. The Morgan fingerprint density at radius 1 is 1.64 bits per heavy atom. The van der Waals surface area contributed by atoms with Crippen LogP contribution >= 0.6 is 0 Å². The molecular formula is C7H9N5O2. The first-order valence-corrected chi connectivity index (χ1v) is 4.08. The van der Waals surface area contributed by atoms with E-state index >= 15 is 0 Å². The van der Waals surface area contributed by atoms with E-state index in [4.69, 9.17) is 9.63 Å². The highest BCUT2D eigenvalue weighted by Gasteiger charge is 2.11. The Morgan fingerprint density at radius 2 is 2.50 bits per heavy atom. The van der Waals surface area contributed by atoms with Crippen molar-refractivity contribution in [3.8, 4) is 0 Å². The van der Waals surface area contributed by atoms with Gasteiger partial charge in [-0.2, -0.15) is 10.1 Å². The Bertz CT molecular complexity index is 394. The molecule has 14 heavy (non-hydrogen) atoms. The Labute approximate surface area is 79.4 Å². The van der Waals surface area contributed by atoms with Gasteiger partial charge in [0.2, 0.25) is 0 Å². The minimum Gasteiger partial charge on any atom is -0.384 e. The van der Waals surface area contributed by atoms with Crippen LogP contribution in [0.15, 0.2) is 17.2 Å². The molecule has 0 amide bonds. The maximum absolute atomic E-state index is 9.13. The van der Waals surface area contributed by atoms with Crippen LogP contribution in [0.1, 0.15) is 24.7 Å². The molecular weight excluding hydrogens is 186 g/mol. The largest absolute Gasteiger partial charge is 0.384 e. The monoisotopic (exact) mass is 195 g/mol. The third-order valence-corrected chi connectivity index (χ3v) is 1.61. The minimum absolute atomic E-state index is 0.208. The molecule has 0 aliphatic rings. The molecule has 1 N–H and O–H groups in total. The van der Waals surface area contributed by atoms with Crippen LogP contribution in [0.3, 0.4) is 0 Å². The molecule has 2 aromatic rings. The van der Waals surface area contributed by atoms with Gasteiger partial charge in [0, 0.05) is 0 Å². The quantitative estimate of drug-likeness (QED) is 0.727. The fourth-order valence-electron chi connectivity index (χ4n) is 0.961. The van der Waals surface area contributed by atoms with Crippen LogP contribution in [0.4, 0.5) is 0 Å². The lowest BCUT2D eigenvalue weighted by molar-refractivity contribution is 0.151. The van der Waals surface area contributed by atoms with Crippen LogP contribution in [0.25, 0.3) is 0 Å². The first-order chi connectivity index (χ1) is 6.75. The number of aliphatic hydroxyl groups excluding tert-OH is 1. The van der Waals surface area contributed by atoms with Crippen molar-refractivity contribution in [2.45, 2.75) is 19.6 Å². The minimum atomic E-state index is -0.744. The molecule has 1 unspecified atom stereocenters. The molecule has 2 aromatic heterocycles. The van der Waals surface area contributed by atoms with Gasteiger partial charge in [0.1, 0.15) is 25.3 Å². The molecule has 0 bridgehead atoms. The predicted octanol–water partition coefficient (Wildman–Crippen LogP) is -0.237. The summed E-state index contributed by atoms with van der Waals surface area (Å²) in [5.74, 6) is 0.673. The van der Waals surface area contributed by atoms with Gasteiger partial charge in [0.25, 0.3) is 5.89 Å². The Morgan fingerprint density at radius 3 is 3.07 bits per heavy atom. The van der Waals surface area contributed by atoms with Gasteiger partial charge in [-0.3, -0.25) is 0 Å². The summed E-state index contributed by atoms with van der Waals surface area (Å²) in [4.78, 5) is 7.74. The molecule has 0 saturated heterocycles. The van der Waals surface area contributed by atoms with E-state index in [1.54, 1.807) is 17.9 Å². The average molecular weight is 195 g/mol. The van der Waals surface area contributed by atoms with Crippen LogP contribution < -0.4 is 0 Å². The van der Waals surface area contributed by atoms with Crippen LogP contribution in [-0.2, 0) is 6.54 Å². The van der Waals surface area contributed by atoms with E-state index in [2.05, 4.69) is 20.2 Å². The van der Waals surface area contributed by atoms with Crippen molar-refractivity contribution in [2.75, 3.05) is 0 Å². The molecule has 0 aromatic carbocycles. The zero-order chi connectivity index (χ0) is 9.97. The maximum Gasteiger partial charge on any atom is 0.255 e. The van der Waals surface area contributed by atoms with Crippen LogP contribution in [0.5, 0.6) is 0 Å². The smallest absolute Gasteiger partial charge is 0.255 e. The fraction of sp³-hybridized carbons (Fsp3) is 0.429. The molecule has 1 atom stereocenters. The van der Waals surface area contributed by atoms with Crippen molar-refractivity contribution in [1.29, 1.82) is 0 Å². The highest BCUT2D eigenvalue weighted by Crippen LogP contribution is 2.08. The van der Waals surface area contributed by atoms with Crippen molar-refractivity contribution >= 4 is 0 Å². The van der Waals surface area contributed by atoms with Gasteiger partial charge in [-0.1, -0.05) is 5.16 Å². The summed E-state index contributed by atoms with van der Waals surface area (Å²) in [6.45, 7) is 1.95. The number of aliphatic hydroxyl groups is 1. The highest BCUT2D eigenvalue weighted by atomic mass is 16.5. The molecule has 0 saturated carbocycles.